The molecule has 7 heteroatoms. The molecule has 1 fully saturated rings. The molecule has 0 aliphatic carbocycles. The number of amides is 2. The fraction of sp³-hybridized carbons (Fsp3) is 0.348. The number of esters is 1. The quantitative estimate of drug-likeness (QED) is 0.788. The second kappa shape index (κ2) is 8.18. The smallest absolute Gasteiger partial charge is 0.337 e. The van der Waals surface area contributed by atoms with Gasteiger partial charge in [-0.15, -0.1) is 0 Å². The molecule has 30 heavy (non-hydrogen) atoms. The minimum atomic E-state index is -0.428. The van der Waals surface area contributed by atoms with Crippen molar-refractivity contribution in [3.63, 3.8) is 0 Å². The van der Waals surface area contributed by atoms with Crippen molar-refractivity contribution in [2.75, 3.05) is 30.9 Å². The van der Waals surface area contributed by atoms with Gasteiger partial charge in [-0.3, -0.25) is 9.59 Å². The number of carbonyl (C=O) groups is 3. The summed E-state index contributed by atoms with van der Waals surface area (Å²) in [6.07, 6.45) is 4.23. The van der Waals surface area contributed by atoms with Crippen LogP contribution in [0.2, 0.25) is 0 Å². The number of fused-ring (bicyclic) bond motifs is 2. The summed E-state index contributed by atoms with van der Waals surface area (Å²) in [5.41, 5.74) is 2.89. The molecule has 2 heterocycles. The fourth-order valence-corrected chi connectivity index (χ4v) is 4.20. The number of nitrogens with one attached hydrogen (secondary N) is 1. The molecule has 0 saturated carbocycles. The molecule has 156 valence electrons. The van der Waals surface area contributed by atoms with Gasteiger partial charge in [0.15, 0.2) is 0 Å². The highest BCUT2D eigenvalue weighted by atomic mass is 16.5. The Balaban J connectivity index is 1.56. The highest BCUT2D eigenvalue weighted by Crippen LogP contribution is 2.34. The Labute approximate surface area is 175 Å². The summed E-state index contributed by atoms with van der Waals surface area (Å²) in [6, 6.07) is 11.7. The molecule has 0 radical (unpaired) electrons. The van der Waals surface area contributed by atoms with Crippen LogP contribution in [-0.4, -0.2) is 49.6 Å². The van der Waals surface area contributed by atoms with Crippen LogP contribution in [0.5, 0.6) is 0 Å². The Kier molecular flexibility index (Phi) is 5.44. The lowest BCUT2D eigenvalue weighted by atomic mass is 10.0. The van der Waals surface area contributed by atoms with Crippen LogP contribution in [0.25, 0.3) is 0 Å². The lowest BCUT2D eigenvalue weighted by Crippen LogP contribution is -2.53. The van der Waals surface area contributed by atoms with Crippen LogP contribution in [0.1, 0.15) is 56.8 Å². The molecule has 1 N–H and O–H groups in total. The van der Waals surface area contributed by atoms with Gasteiger partial charge < -0.3 is 19.9 Å². The molecule has 2 amide bonds. The van der Waals surface area contributed by atoms with Crippen LogP contribution >= 0.6 is 0 Å². The van der Waals surface area contributed by atoms with Crippen molar-refractivity contribution in [3.8, 4) is 0 Å². The Morgan fingerprint density at radius 3 is 2.50 bits per heavy atom. The molecule has 7 nitrogen and oxygen atoms in total. The van der Waals surface area contributed by atoms with E-state index in [4.69, 9.17) is 0 Å². The van der Waals surface area contributed by atoms with E-state index in [0.29, 0.717) is 22.4 Å². The zero-order chi connectivity index (χ0) is 21.3. The van der Waals surface area contributed by atoms with Gasteiger partial charge in [0.25, 0.3) is 11.8 Å². The summed E-state index contributed by atoms with van der Waals surface area (Å²) in [4.78, 5) is 41.4. The number of hydrogen-bond donors (Lipinski definition) is 1. The van der Waals surface area contributed by atoms with Gasteiger partial charge in [0.2, 0.25) is 0 Å². The third kappa shape index (κ3) is 3.63. The number of hydrogen-bond acceptors (Lipinski definition) is 5. The van der Waals surface area contributed by atoms with Gasteiger partial charge in [0, 0.05) is 24.8 Å². The van der Waals surface area contributed by atoms with Crippen LogP contribution in [-0.2, 0) is 4.74 Å². The first kappa shape index (κ1) is 19.9. The van der Waals surface area contributed by atoms with E-state index in [-0.39, 0.29) is 18.0 Å². The molecule has 4 rings (SSSR count). The second-order valence-corrected chi connectivity index (χ2v) is 7.69. The van der Waals surface area contributed by atoms with Crippen LogP contribution in [0.3, 0.4) is 0 Å². The van der Waals surface area contributed by atoms with Gasteiger partial charge in [-0.2, -0.15) is 0 Å². The first-order valence-electron chi connectivity index (χ1n) is 10.2. The van der Waals surface area contributed by atoms with E-state index in [1.54, 1.807) is 42.5 Å². The van der Waals surface area contributed by atoms with E-state index in [1.165, 1.54) is 7.11 Å². The Morgan fingerprint density at radius 1 is 1.03 bits per heavy atom. The fourth-order valence-electron chi connectivity index (χ4n) is 4.20. The van der Waals surface area contributed by atoms with E-state index in [0.717, 1.165) is 37.9 Å². The van der Waals surface area contributed by atoms with E-state index in [1.807, 2.05) is 11.9 Å². The van der Waals surface area contributed by atoms with Crippen LogP contribution in [0.4, 0.5) is 11.4 Å². The summed E-state index contributed by atoms with van der Waals surface area (Å²) < 4.78 is 4.68. The predicted octanol–water partition coefficient (Wildman–Crippen LogP) is 3.52. The maximum absolute atomic E-state index is 13.0. The summed E-state index contributed by atoms with van der Waals surface area (Å²) in [5.74, 6) is -0.657. The van der Waals surface area contributed by atoms with Crippen molar-refractivity contribution in [2.24, 2.45) is 0 Å². The van der Waals surface area contributed by atoms with Crippen molar-refractivity contribution >= 4 is 29.2 Å². The van der Waals surface area contributed by atoms with Crippen molar-refractivity contribution in [1.29, 1.82) is 0 Å². The van der Waals surface area contributed by atoms with Crippen LogP contribution in [0, 0.1) is 0 Å². The SMILES string of the molecule is COC(=O)c1ccc(NC(=O)c2ccc3c(c2)N(C)C2CCCCCN2C3=O)cc1. The standard InChI is InChI=1S/C23H25N3O4/c1-25-19-14-16(21(27)24-17-10-7-15(8-11-17)23(29)30-2)9-12-18(19)22(28)26-13-5-3-4-6-20(25)26/h7-12,14,20H,3-6,13H2,1-2H3,(H,24,27). The van der Waals surface area contributed by atoms with Gasteiger partial charge >= 0.3 is 5.97 Å². The third-order valence-electron chi connectivity index (χ3n) is 5.86. The number of benzene rings is 2. The first-order chi connectivity index (χ1) is 14.5. The van der Waals surface area contributed by atoms with Gasteiger partial charge in [0.1, 0.15) is 6.17 Å². The van der Waals surface area contributed by atoms with Crippen LogP contribution in [0.15, 0.2) is 42.5 Å². The number of ether oxygens (including phenoxy) is 1. The average molecular weight is 407 g/mol. The average Bonchev–Trinajstić information content (AvgIpc) is 3.03. The van der Waals surface area contributed by atoms with Gasteiger partial charge in [0.05, 0.1) is 23.9 Å². The molecule has 0 bridgehead atoms. The lowest BCUT2D eigenvalue weighted by molar-refractivity contribution is 0.0599. The molecule has 2 aromatic rings. The van der Waals surface area contributed by atoms with Crippen molar-refractivity contribution < 1.29 is 19.1 Å². The van der Waals surface area contributed by atoms with E-state index in [2.05, 4.69) is 15.0 Å². The molecule has 1 unspecified atom stereocenters. The number of nitrogens with zero attached hydrogens (tertiary/aromatic N) is 2. The molecule has 2 aliphatic rings. The van der Waals surface area contributed by atoms with E-state index in [9.17, 15) is 14.4 Å². The maximum atomic E-state index is 13.0. The largest absolute Gasteiger partial charge is 0.465 e. The molecule has 2 aromatic carbocycles. The Hall–Kier alpha value is -3.35. The molecular weight excluding hydrogens is 382 g/mol. The zero-order valence-corrected chi connectivity index (χ0v) is 17.2. The molecule has 1 atom stereocenters. The molecule has 0 spiro atoms. The molecule has 0 aromatic heterocycles. The number of anilines is 2. The third-order valence-corrected chi connectivity index (χ3v) is 5.86. The number of carbonyl (C=O) groups excluding carboxylic acids is 3. The predicted molar refractivity (Wildman–Crippen MR) is 114 cm³/mol. The second-order valence-electron chi connectivity index (χ2n) is 7.69. The zero-order valence-electron chi connectivity index (χ0n) is 17.2. The Morgan fingerprint density at radius 2 is 1.77 bits per heavy atom. The number of methoxy groups -OCH3 is 1. The Bertz CT molecular complexity index is 986. The van der Waals surface area contributed by atoms with Crippen molar-refractivity contribution in [3.05, 3.63) is 59.2 Å². The highest BCUT2D eigenvalue weighted by molar-refractivity contribution is 6.08. The monoisotopic (exact) mass is 407 g/mol. The van der Waals surface area contributed by atoms with Gasteiger partial charge in [-0.05, 0) is 61.7 Å². The van der Waals surface area contributed by atoms with Crippen molar-refractivity contribution in [1.82, 2.24) is 4.90 Å². The summed E-state index contributed by atoms with van der Waals surface area (Å²) in [5, 5.41) is 2.84. The summed E-state index contributed by atoms with van der Waals surface area (Å²) in [7, 11) is 3.31. The summed E-state index contributed by atoms with van der Waals surface area (Å²) >= 11 is 0. The van der Waals surface area contributed by atoms with E-state index < -0.39 is 5.97 Å². The normalized spacial score (nSPS) is 18.2. The van der Waals surface area contributed by atoms with Crippen molar-refractivity contribution in [2.45, 2.75) is 31.8 Å². The van der Waals surface area contributed by atoms with Gasteiger partial charge in [-0.1, -0.05) is 6.42 Å². The van der Waals surface area contributed by atoms with Gasteiger partial charge in [-0.25, -0.2) is 4.79 Å². The van der Waals surface area contributed by atoms with E-state index >= 15 is 0 Å². The minimum absolute atomic E-state index is 0.0386. The molecule has 1 saturated heterocycles. The molecular formula is C23H25N3O4. The highest BCUT2D eigenvalue weighted by Gasteiger charge is 2.36. The maximum Gasteiger partial charge on any atom is 0.337 e. The minimum Gasteiger partial charge on any atom is -0.465 e. The summed E-state index contributed by atoms with van der Waals surface area (Å²) in [6.45, 7) is 0.775. The topological polar surface area (TPSA) is 79.0 Å². The van der Waals surface area contributed by atoms with Crippen LogP contribution < -0.4 is 10.2 Å². The number of rotatable bonds is 3. The lowest BCUT2D eigenvalue weighted by Gasteiger charge is -2.43. The first-order valence-corrected chi connectivity index (χ1v) is 10.2. The molecule has 2 aliphatic heterocycles.